The molecule has 1 N–H and O–H groups in total. The molecule has 4 atom stereocenters. The van der Waals surface area contributed by atoms with E-state index < -0.39 is 11.2 Å². The van der Waals surface area contributed by atoms with Gasteiger partial charge in [-0.05, 0) is 77.3 Å². The Labute approximate surface area is 196 Å². The van der Waals surface area contributed by atoms with Gasteiger partial charge in [0.1, 0.15) is 6.26 Å². The van der Waals surface area contributed by atoms with Crippen LogP contribution in [-0.4, -0.2) is 38.0 Å². The molecule has 0 aliphatic heterocycles. The molecule has 0 aromatic heterocycles. The van der Waals surface area contributed by atoms with E-state index in [1.54, 1.807) is 33.5 Å². The zero-order valence-corrected chi connectivity index (χ0v) is 20.3. The van der Waals surface area contributed by atoms with Crippen molar-refractivity contribution in [2.24, 2.45) is 11.8 Å². The van der Waals surface area contributed by atoms with Crippen LogP contribution in [0.25, 0.3) is 11.1 Å². The van der Waals surface area contributed by atoms with Gasteiger partial charge in [-0.15, -0.1) is 0 Å². The SMILES string of the molecule is COc1cc2c(c(OC)c1OC)-c1ccc([S+](C)[O-])c(=O)cc1[C@@H](NC(=O)C1CC1C)CC2. The minimum atomic E-state index is -1.45. The molecule has 7 nitrogen and oxygen atoms in total. The second kappa shape index (κ2) is 9.27. The van der Waals surface area contributed by atoms with Crippen molar-refractivity contribution in [1.82, 2.24) is 5.32 Å². The topological polar surface area (TPSA) is 96.9 Å². The number of rotatable bonds is 6. The summed E-state index contributed by atoms with van der Waals surface area (Å²) in [6, 6.07) is 6.46. The highest BCUT2D eigenvalue weighted by Gasteiger charge is 2.40. The Morgan fingerprint density at radius 2 is 1.82 bits per heavy atom. The first-order valence-electron chi connectivity index (χ1n) is 10.9. The summed E-state index contributed by atoms with van der Waals surface area (Å²) >= 11 is -1.45. The molecule has 0 heterocycles. The molecule has 8 heteroatoms. The molecule has 2 aliphatic carbocycles. The maximum atomic E-state index is 13.0. The standard InChI is InChI=1S/C25H29NO6S/c1-13-10-16(13)25(28)26-18-8-6-14-11-20(30-2)23(31-3)24(32-4)22(14)15-7-9-21(33(5)29)19(27)12-17(15)18/h7,9,11-13,16,18H,6,8,10H2,1-5H3,(H,26,28)/t13?,16?,18-,33?/m0/s1. The molecule has 0 bridgehead atoms. The second-order valence-corrected chi connectivity index (χ2v) is 9.98. The molecule has 0 spiro atoms. The number of nitrogens with one attached hydrogen (secondary N) is 1. The summed E-state index contributed by atoms with van der Waals surface area (Å²) < 4.78 is 29.1. The molecule has 2 aliphatic rings. The lowest BCUT2D eigenvalue weighted by Crippen LogP contribution is -2.30. The highest BCUT2D eigenvalue weighted by atomic mass is 32.2. The van der Waals surface area contributed by atoms with Crippen molar-refractivity contribution in [1.29, 1.82) is 0 Å². The Kier molecular flexibility index (Phi) is 6.59. The van der Waals surface area contributed by atoms with Gasteiger partial charge in [0, 0.05) is 11.5 Å². The third-order valence-corrected chi connectivity index (χ3v) is 7.53. The number of methoxy groups -OCH3 is 3. The average molecular weight is 472 g/mol. The number of benzene rings is 1. The number of fused-ring (bicyclic) bond motifs is 3. The van der Waals surface area contributed by atoms with Gasteiger partial charge < -0.3 is 24.1 Å². The van der Waals surface area contributed by atoms with E-state index in [0.29, 0.717) is 41.6 Å². The summed E-state index contributed by atoms with van der Waals surface area (Å²) in [5, 5.41) is 3.17. The molecule has 33 heavy (non-hydrogen) atoms. The predicted octanol–water partition coefficient (Wildman–Crippen LogP) is 3.24. The smallest absolute Gasteiger partial charge is 0.233 e. The number of carbonyl (C=O) groups is 1. The first-order chi connectivity index (χ1) is 15.8. The van der Waals surface area contributed by atoms with Crippen LogP contribution in [0.1, 0.15) is 36.9 Å². The van der Waals surface area contributed by atoms with E-state index in [0.717, 1.165) is 23.1 Å². The number of carbonyl (C=O) groups excluding carboxylic acids is 1. The van der Waals surface area contributed by atoms with E-state index in [4.69, 9.17) is 14.2 Å². The molecule has 0 radical (unpaired) electrons. The fourth-order valence-corrected chi connectivity index (χ4v) is 5.25. The van der Waals surface area contributed by atoms with Gasteiger partial charge in [0.15, 0.2) is 16.4 Å². The summed E-state index contributed by atoms with van der Waals surface area (Å²) in [4.78, 5) is 26.0. The first-order valence-corrected chi connectivity index (χ1v) is 12.5. The van der Waals surface area contributed by atoms with Crippen LogP contribution < -0.4 is 25.0 Å². The second-order valence-electron chi connectivity index (χ2n) is 8.63. The predicted molar refractivity (Wildman–Crippen MR) is 127 cm³/mol. The van der Waals surface area contributed by atoms with Crippen molar-refractivity contribution in [2.45, 2.75) is 37.1 Å². The van der Waals surface area contributed by atoms with Gasteiger partial charge in [0.25, 0.3) is 0 Å². The van der Waals surface area contributed by atoms with Gasteiger partial charge in [-0.25, -0.2) is 0 Å². The summed E-state index contributed by atoms with van der Waals surface area (Å²) in [7, 11) is 4.67. The molecule has 4 rings (SSSR count). The maximum absolute atomic E-state index is 13.0. The lowest BCUT2D eigenvalue weighted by Gasteiger charge is -2.20. The number of hydrogen-bond acceptors (Lipinski definition) is 6. The first kappa shape index (κ1) is 23.4. The molecule has 1 amide bonds. The van der Waals surface area contributed by atoms with Crippen LogP contribution in [0.3, 0.4) is 0 Å². The zero-order chi connectivity index (χ0) is 23.9. The maximum Gasteiger partial charge on any atom is 0.233 e. The largest absolute Gasteiger partial charge is 0.612 e. The summed E-state index contributed by atoms with van der Waals surface area (Å²) in [5.41, 5.74) is 2.84. The molecule has 176 valence electrons. The van der Waals surface area contributed by atoms with Gasteiger partial charge >= 0.3 is 0 Å². The van der Waals surface area contributed by atoms with E-state index in [9.17, 15) is 14.1 Å². The molecule has 1 saturated carbocycles. The van der Waals surface area contributed by atoms with E-state index in [2.05, 4.69) is 12.2 Å². The van der Waals surface area contributed by atoms with Crippen LogP contribution in [0.2, 0.25) is 0 Å². The van der Waals surface area contributed by atoms with Crippen LogP contribution in [-0.2, 0) is 22.4 Å². The highest BCUT2D eigenvalue weighted by molar-refractivity contribution is 7.90. The monoisotopic (exact) mass is 471 g/mol. The minimum absolute atomic E-state index is 0.00442. The van der Waals surface area contributed by atoms with E-state index >= 15 is 0 Å². The number of amides is 1. The minimum Gasteiger partial charge on any atom is -0.612 e. The average Bonchev–Trinajstić information content (AvgIpc) is 3.56. The molecule has 3 unspecified atom stereocenters. The van der Waals surface area contributed by atoms with Gasteiger partial charge in [0.2, 0.25) is 17.1 Å². The zero-order valence-electron chi connectivity index (χ0n) is 19.5. The van der Waals surface area contributed by atoms with Crippen molar-refractivity contribution in [2.75, 3.05) is 27.6 Å². The van der Waals surface area contributed by atoms with Crippen LogP contribution in [0.4, 0.5) is 0 Å². The lowest BCUT2D eigenvalue weighted by atomic mass is 9.95. The fourth-order valence-electron chi connectivity index (χ4n) is 4.65. The Hall–Kier alpha value is -2.71. The van der Waals surface area contributed by atoms with E-state index in [-0.39, 0.29) is 28.2 Å². The normalized spacial score (nSPS) is 21.7. The molecular formula is C25H29NO6S. The van der Waals surface area contributed by atoms with Gasteiger partial charge in [-0.1, -0.05) is 6.92 Å². The van der Waals surface area contributed by atoms with Gasteiger partial charge in [-0.3, -0.25) is 9.59 Å². The third kappa shape index (κ3) is 4.29. The number of aryl methyl sites for hydroxylation is 1. The number of hydrogen-bond donors (Lipinski definition) is 1. The van der Waals surface area contributed by atoms with Crippen molar-refractivity contribution in [3.05, 3.63) is 45.6 Å². The Morgan fingerprint density at radius 1 is 1.12 bits per heavy atom. The van der Waals surface area contributed by atoms with Crippen molar-refractivity contribution in [3.63, 3.8) is 0 Å². The van der Waals surface area contributed by atoms with Crippen LogP contribution in [0, 0.1) is 11.8 Å². The molecule has 2 aromatic rings. The number of ether oxygens (including phenoxy) is 3. The fraction of sp³-hybridized carbons (Fsp3) is 0.440. The summed E-state index contributed by atoms with van der Waals surface area (Å²) in [5.74, 6) is 1.88. The highest BCUT2D eigenvalue weighted by Crippen LogP contribution is 2.50. The van der Waals surface area contributed by atoms with E-state index in [1.165, 1.54) is 12.3 Å². The summed E-state index contributed by atoms with van der Waals surface area (Å²) in [6.07, 6.45) is 3.59. The molecular weight excluding hydrogens is 442 g/mol. The van der Waals surface area contributed by atoms with E-state index in [1.807, 2.05) is 6.07 Å². The lowest BCUT2D eigenvalue weighted by molar-refractivity contribution is -0.123. The Morgan fingerprint density at radius 3 is 2.39 bits per heavy atom. The quantitative estimate of drug-likeness (QED) is 0.650. The summed E-state index contributed by atoms with van der Waals surface area (Å²) in [6.45, 7) is 2.06. The van der Waals surface area contributed by atoms with Crippen LogP contribution in [0.5, 0.6) is 17.2 Å². The molecule has 2 aromatic carbocycles. The Balaban J connectivity index is 1.97. The van der Waals surface area contributed by atoms with Crippen molar-refractivity contribution >= 4 is 17.1 Å². The molecule has 1 fully saturated rings. The van der Waals surface area contributed by atoms with Gasteiger partial charge in [-0.2, -0.15) is 0 Å². The Bertz CT molecular complexity index is 1150. The van der Waals surface area contributed by atoms with Crippen LogP contribution >= 0.6 is 0 Å². The van der Waals surface area contributed by atoms with Crippen LogP contribution in [0.15, 0.2) is 34.0 Å². The van der Waals surface area contributed by atoms with Crippen molar-refractivity contribution in [3.8, 4) is 28.4 Å². The van der Waals surface area contributed by atoms with Gasteiger partial charge in [0.05, 0.1) is 27.4 Å². The van der Waals surface area contributed by atoms with Crippen molar-refractivity contribution < 1.29 is 23.6 Å². The third-order valence-electron chi connectivity index (χ3n) is 6.57. The molecule has 0 saturated heterocycles.